The molecule has 0 heterocycles. The van der Waals surface area contributed by atoms with Crippen LogP contribution in [0.2, 0.25) is 0 Å². The maximum atomic E-state index is 8.53. The van der Waals surface area contributed by atoms with Crippen LogP contribution in [0.5, 0.6) is 0 Å². The van der Waals surface area contributed by atoms with E-state index < -0.39 is 0 Å². The van der Waals surface area contributed by atoms with Gasteiger partial charge in [-0.3, -0.25) is 0 Å². The summed E-state index contributed by atoms with van der Waals surface area (Å²) in [5.41, 5.74) is 0.587. The Balaban J connectivity index is 2.03. The quantitative estimate of drug-likeness (QED) is 0.580. The lowest BCUT2D eigenvalue weighted by molar-refractivity contribution is 0.293. The molecule has 0 saturated heterocycles. The summed E-state index contributed by atoms with van der Waals surface area (Å²) in [7, 11) is 0. The minimum absolute atomic E-state index is 0.587. The van der Waals surface area contributed by atoms with Crippen LogP contribution in [-0.2, 0) is 0 Å². The van der Waals surface area contributed by atoms with Crippen molar-refractivity contribution in [3.63, 3.8) is 0 Å². The standard InChI is InChI=1S/C13H19N/c1-9-7-11-12(13(11,2)3)8-10(9)5-4-6-14/h4-5,9-12H,7-8H2,1-3H3/t9-,10+,11+,12?/m1/s1. The van der Waals surface area contributed by atoms with Crippen molar-refractivity contribution in [2.75, 3.05) is 0 Å². The number of hydrogen-bond donors (Lipinski definition) is 0. The molecule has 1 heteroatoms. The van der Waals surface area contributed by atoms with Gasteiger partial charge in [0.15, 0.2) is 0 Å². The highest BCUT2D eigenvalue weighted by molar-refractivity contribution is 5.13. The molecule has 2 aliphatic rings. The summed E-state index contributed by atoms with van der Waals surface area (Å²) < 4.78 is 0. The third-order valence-corrected chi connectivity index (χ3v) is 4.59. The number of allylic oxidation sites excluding steroid dienone is 2. The summed E-state index contributed by atoms with van der Waals surface area (Å²) in [4.78, 5) is 0. The van der Waals surface area contributed by atoms with E-state index in [-0.39, 0.29) is 0 Å². The average Bonchev–Trinajstić information content (AvgIpc) is 2.65. The third-order valence-electron chi connectivity index (χ3n) is 4.59. The Hall–Kier alpha value is -0.770. The molecule has 2 saturated carbocycles. The van der Waals surface area contributed by atoms with Gasteiger partial charge in [0.1, 0.15) is 0 Å². The number of rotatable bonds is 1. The molecule has 4 atom stereocenters. The summed E-state index contributed by atoms with van der Waals surface area (Å²) in [6, 6.07) is 2.10. The topological polar surface area (TPSA) is 23.8 Å². The van der Waals surface area contributed by atoms with Gasteiger partial charge in [0.05, 0.1) is 6.07 Å². The lowest BCUT2D eigenvalue weighted by Gasteiger charge is -2.25. The van der Waals surface area contributed by atoms with Crippen molar-refractivity contribution >= 4 is 0 Å². The second-order valence-corrected chi connectivity index (χ2v) is 5.64. The van der Waals surface area contributed by atoms with Crippen LogP contribution in [0.3, 0.4) is 0 Å². The Kier molecular flexibility index (Phi) is 2.18. The summed E-state index contributed by atoms with van der Waals surface area (Å²) in [6.45, 7) is 7.12. The molecule has 0 aromatic heterocycles. The minimum atomic E-state index is 0.587. The van der Waals surface area contributed by atoms with Gasteiger partial charge >= 0.3 is 0 Å². The predicted molar refractivity (Wildman–Crippen MR) is 57.4 cm³/mol. The van der Waals surface area contributed by atoms with Crippen molar-refractivity contribution in [3.05, 3.63) is 12.2 Å². The Labute approximate surface area is 86.8 Å². The van der Waals surface area contributed by atoms with Crippen LogP contribution in [0.15, 0.2) is 12.2 Å². The molecule has 0 N–H and O–H groups in total. The van der Waals surface area contributed by atoms with E-state index in [9.17, 15) is 0 Å². The molecular weight excluding hydrogens is 170 g/mol. The van der Waals surface area contributed by atoms with Gasteiger partial charge in [0.2, 0.25) is 0 Å². The Morgan fingerprint density at radius 1 is 1.29 bits per heavy atom. The smallest absolute Gasteiger partial charge is 0.0908 e. The number of hydrogen-bond acceptors (Lipinski definition) is 1. The fourth-order valence-electron chi connectivity index (χ4n) is 3.33. The largest absolute Gasteiger partial charge is 0.193 e. The molecule has 2 aliphatic carbocycles. The zero-order chi connectivity index (χ0) is 10.3. The van der Waals surface area contributed by atoms with E-state index in [0.717, 1.165) is 17.8 Å². The van der Waals surface area contributed by atoms with Crippen LogP contribution in [0.4, 0.5) is 0 Å². The normalized spacial score (nSPS) is 44.4. The van der Waals surface area contributed by atoms with E-state index in [1.165, 1.54) is 12.8 Å². The van der Waals surface area contributed by atoms with E-state index in [0.29, 0.717) is 11.3 Å². The monoisotopic (exact) mass is 189 g/mol. The van der Waals surface area contributed by atoms with Crippen molar-refractivity contribution < 1.29 is 0 Å². The molecular formula is C13H19N. The van der Waals surface area contributed by atoms with Gasteiger partial charge in [-0.2, -0.15) is 5.26 Å². The van der Waals surface area contributed by atoms with Crippen LogP contribution < -0.4 is 0 Å². The Bertz CT molecular complexity index is 295. The number of nitriles is 1. The fourth-order valence-corrected chi connectivity index (χ4v) is 3.33. The van der Waals surface area contributed by atoms with Gasteiger partial charge in [0, 0.05) is 6.08 Å². The van der Waals surface area contributed by atoms with E-state index in [2.05, 4.69) is 32.9 Å². The van der Waals surface area contributed by atoms with Crippen LogP contribution in [0.1, 0.15) is 33.6 Å². The molecule has 0 spiro atoms. The van der Waals surface area contributed by atoms with Crippen LogP contribution >= 0.6 is 0 Å². The van der Waals surface area contributed by atoms with Crippen molar-refractivity contribution in [3.8, 4) is 6.07 Å². The summed E-state index contributed by atoms with van der Waals surface area (Å²) in [6.07, 6.45) is 6.45. The fraction of sp³-hybridized carbons (Fsp3) is 0.769. The van der Waals surface area contributed by atoms with Crippen molar-refractivity contribution in [2.45, 2.75) is 33.6 Å². The van der Waals surface area contributed by atoms with Crippen molar-refractivity contribution in [2.24, 2.45) is 29.1 Å². The highest BCUT2D eigenvalue weighted by Gasteiger charge is 2.60. The first-order valence-corrected chi connectivity index (χ1v) is 5.63. The predicted octanol–water partition coefficient (Wildman–Crippen LogP) is 3.38. The Morgan fingerprint density at radius 2 is 1.93 bits per heavy atom. The second-order valence-electron chi connectivity index (χ2n) is 5.64. The molecule has 2 rings (SSSR count). The molecule has 2 fully saturated rings. The second kappa shape index (κ2) is 3.12. The van der Waals surface area contributed by atoms with Gasteiger partial charge in [-0.05, 0) is 41.9 Å². The lowest BCUT2D eigenvalue weighted by atomic mass is 9.80. The van der Waals surface area contributed by atoms with Gasteiger partial charge in [-0.25, -0.2) is 0 Å². The van der Waals surface area contributed by atoms with Gasteiger partial charge in [0.25, 0.3) is 0 Å². The molecule has 14 heavy (non-hydrogen) atoms. The van der Waals surface area contributed by atoms with Crippen molar-refractivity contribution in [1.82, 2.24) is 0 Å². The van der Waals surface area contributed by atoms with Crippen LogP contribution in [0, 0.1) is 40.4 Å². The average molecular weight is 189 g/mol. The summed E-state index contributed by atoms with van der Waals surface area (Å²) in [5.74, 6) is 3.30. The van der Waals surface area contributed by atoms with Gasteiger partial charge < -0.3 is 0 Å². The maximum absolute atomic E-state index is 8.53. The van der Waals surface area contributed by atoms with E-state index in [1.54, 1.807) is 6.08 Å². The molecule has 1 nitrogen and oxygen atoms in total. The highest BCUT2D eigenvalue weighted by atomic mass is 14.6. The zero-order valence-corrected chi connectivity index (χ0v) is 9.33. The minimum Gasteiger partial charge on any atom is -0.193 e. The molecule has 0 amide bonds. The third kappa shape index (κ3) is 1.38. The molecule has 1 unspecified atom stereocenters. The molecule has 0 bridgehead atoms. The van der Waals surface area contributed by atoms with Crippen LogP contribution in [0.25, 0.3) is 0 Å². The van der Waals surface area contributed by atoms with Gasteiger partial charge in [-0.1, -0.05) is 26.8 Å². The maximum Gasteiger partial charge on any atom is 0.0908 e. The van der Waals surface area contributed by atoms with Crippen molar-refractivity contribution in [1.29, 1.82) is 5.26 Å². The van der Waals surface area contributed by atoms with E-state index >= 15 is 0 Å². The Morgan fingerprint density at radius 3 is 2.57 bits per heavy atom. The van der Waals surface area contributed by atoms with E-state index in [4.69, 9.17) is 5.26 Å². The lowest BCUT2D eigenvalue weighted by Crippen LogP contribution is -2.16. The summed E-state index contributed by atoms with van der Waals surface area (Å²) in [5, 5.41) is 8.53. The number of nitrogens with zero attached hydrogens (tertiary/aromatic N) is 1. The molecule has 76 valence electrons. The highest BCUT2D eigenvalue weighted by Crippen LogP contribution is 2.66. The number of fused-ring (bicyclic) bond motifs is 1. The molecule has 0 aromatic carbocycles. The molecule has 0 radical (unpaired) electrons. The first-order chi connectivity index (χ1) is 6.57. The van der Waals surface area contributed by atoms with E-state index in [1.807, 2.05) is 0 Å². The SMILES string of the molecule is C[C@@H]1C[C@H]2C(C[C@@H]1C=CC#N)C2(C)C. The first-order valence-electron chi connectivity index (χ1n) is 5.63. The first kappa shape index (κ1) is 9.77. The summed E-state index contributed by atoms with van der Waals surface area (Å²) >= 11 is 0. The zero-order valence-electron chi connectivity index (χ0n) is 9.33. The van der Waals surface area contributed by atoms with Gasteiger partial charge in [-0.15, -0.1) is 0 Å². The van der Waals surface area contributed by atoms with Crippen LogP contribution in [-0.4, -0.2) is 0 Å². The molecule has 0 aliphatic heterocycles. The molecule has 0 aromatic rings.